The molecule has 3 heterocycles. The Morgan fingerprint density at radius 3 is 2.48 bits per heavy atom. The molecule has 0 unspecified atom stereocenters. The molecular formula is C20H16F3N5O. The van der Waals surface area contributed by atoms with Crippen molar-refractivity contribution in [1.29, 1.82) is 0 Å². The number of carbonyl (C=O) groups is 1. The molecule has 0 radical (unpaired) electrons. The van der Waals surface area contributed by atoms with Gasteiger partial charge in [-0.05, 0) is 43.3 Å². The fourth-order valence-corrected chi connectivity index (χ4v) is 3.33. The largest absolute Gasteiger partial charge is 0.364 e. The molecule has 0 bridgehead atoms. The lowest BCUT2D eigenvalue weighted by Gasteiger charge is -2.12. The first-order chi connectivity index (χ1) is 13.8. The molecule has 9 heteroatoms. The number of aryl methyl sites for hydroxylation is 1. The molecule has 0 aliphatic rings. The molecule has 0 saturated heterocycles. The zero-order chi connectivity index (χ0) is 20.7. The fraction of sp³-hybridized carbons (Fsp3) is 0.150. The number of aromatic nitrogens is 4. The van der Waals surface area contributed by atoms with Crippen molar-refractivity contribution in [1.82, 2.24) is 18.9 Å². The first-order valence-corrected chi connectivity index (χ1v) is 8.73. The third kappa shape index (κ3) is 3.35. The molecule has 1 amide bonds. The van der Waals surface area contributed by atoms with Gasteiger partial charge < -0.3 is 10.3 Å². The van der Waals surface area contributed by atoms with Crippen LogP contribution in [0.15, 0.2) is 48.8 Å². The number of imidazole rings is 2. The van der Waals surface area contributed by atoms with Gasteiger partial charge >= 0.3 is 0 Å². The number of hydrogen-bond acceptors (Lipinski definition) is 3. The SMILES string of the molecule is Cc1nc(-c2ccc(F)cc2)c(-c2ccc3ncc(C(N)=O)n3c2)n1CC(F)F. The van der Waals surface area contributed by atoms with Crippen LogP contribution in [0.4, 0.5) is 13.2 Å². The van der Waals surface area contributed by atoms with E-state index in [-0.39, 0.29) is 5.69 Å². The fourth-order valence-electron chi connectivity index (χ4n) is 3.33. The number of halogens is 3. The van der Waals surface area contributed by atoms with Crippen LogP contribution in [0.25, 0.3) is 28.2 Å². The predicted molar refractivity (Wildman–Crippen MR) is 101 cm³/mol. The summed E-state index contributed by atoms with van der Waals surface area (Å²) in [6.45, 7) is 1.07. The number of nitrogens with two attached hydrogens (primary N) is 1. The number of primary amides is 1. The third-order valence-corrected chi connectivity index (χ3v) is 4.63. The van der Waals surface area contributed by atoms with E-state index >= 15 is 0 Å². The molecule has 1 aromatic carbocycles. The number of carbonyl (C=O) groups excluding carboxylic acids is 1. The van der Waals surface area contributed by atoms with Crippen LogP contribution >= 0.6 is 0 Å². The second-order valence-electron chi connectivity index (χ2n) is 6.52. The van der Waals surface area contributed by atoms with E-state index in [1.165, 1.54) is 39.4 Å². The molecule has 0 aliphatic carbocycles. The van der Waals surface area contributed by atoms with E-state index in [1.54, 1.807) is 25.3 Å². The summed E-state index contributed by atoms with van der Waals surface area (Å²) in [4.78, 5) is 20.2. The summed E-state index contributed by atoms with van der Waals surface area (Å²) in [6.07, 6.45) is 0.360. The normalized spacial score (nSPS) is 11.5. The predicted octanol–water partition coefficient (Wildman–Crippen LogP) is 3.68. The van der Waals surface area contributed by atoms with E-state index in [2.05, 4.69) is 9.97 Å². The van der Waals surface area contributed by atoms with E-state index in [9.17, 15) is 18.0 Å². The topological polar surface area (TPSA) is 78.2 Å². The summed E-state index contributed by atoms with van der Waals surface area (Å²) in [7, 11) is 0. The highest BCUT2D eigenvalue weighted by atomic mass is 19.3. The molecule has 6 nitrogen and oxygen atoms in total. The highest BCUT2D eigenvalue weighted by Crippen LogP contribution is 2.33. The Bertz CT molecular complexity index is 1210. The first-order valence-electron chi connectivity index (χ1n) is 8.73. The van der Waals surface area contributed by atoms with Gasteiger partial charge in [-0.15, -0.1) is 0 Å². The number of fused-ring (bicyclic) bond motifs is 1. The van der Waals surface area contributed by atoms with Gasteiger partial charge in [0.05, 0.1) is 24.1 Å². The van der Waals surface area contributed by atoms with E-state index in [1.807, 2.05) is 0 Å². The van der Waals surface area contributed by atoms with Gasteiger partial charge in [-0.3, -0.25) is 9.20 Å². The smallest absolute Gasteiger partial charge is 0.267 e. The second-order valence-corrected chi connectivity index (χ2v) is 6.52. The number of rotatable bonds is 5. The van der Waals surface area contributed by atoms with Crippen molar-refractivity contribution in [2.24, 2.45) is 5.73 Å². The van der Waals surface area contributed by atoms with Crippen molar-refractivity contribution in [3.63, 3.8) is 0 Å². The number of benzene rings is 1. The number of amides is 1. The number of pyridine rings is 1. The molecule has 0 fully saturated rings. The Kier molecular flexibility index (Phi) is 4.57. The van der Waals surface area contributed by atoms with Gasteiger partial charge in [-0.2, -0.15) is 0 Å². The first kappa shape index (κ1) is 18.7. The van der Waals surface area contributed by atoms with Crippen LogP contribution in [0, 0.1) is 12.7 Å². The lowest BCUT2D eigenvalue weighted by Crippen LogP contribution is -2.14. The van der Waals surface area contributed by atoms with Crippen LogP contribution in [0.5, 0.6) is 0 Å². The number of hydrogen-bond donors (Lipinski definition) is 1. The van der Waals surface area contributed by atoms with E-state index < -0.39 is 24.7 Å². The molecule has 0 spiro atoms. The maximum absolute atomic E-state index is 13.4. The summed E-state index contributed by atoms with van der Waals surface area (Å²) in [6, 6.07) is 9.01. The molecule has 3 aromatic heterocycles. The summed E-state index contributed by atoms with van der Waals surface area (Å²) >= 11 is 0. The average molecular weight is 399 g/mol. The third-order valence-electron chi connectivity index (χ3n) is 4.63. The molecular weight excluding hydrogens is 383 g/mol. The van der Waals surface area contributed by atoms with Gasteiger partial charge in [-0.1, -0.05) is 0 Å². The van der Waals surface area contributed by atoms with Crippen LogP contribution in [-0.4, -0.2) is 31.3 Å². The molecule has 0 aliphatic heterocycles. The molecule has 4 aromatic rings. The molecule has 0 atom stereocenters. The van der Waals surface area contributed by atoms with Gasteiger partial charge in [0.2, 0.25) is 0 Å². The number of nitrogens with zero attached hydrogens (tertiary/aromatic N) is 4. The van der Waals surface area contributed by atoms with Gasteiger partial charge in [-0.25, -0.2) is 23.1 Å². The van der Waals surface area contributed by atoms with E-state index in [4.69, 9.17) is 5.73 Å². The zero-order valence-corrected chi connectivity index (χ0v) is 15.3. The van der Waals surface area contributed by atoms with Crippen LogP contribution in [0.3, 0.4) is 0 Å². The zero-order valence-electron chi connectivity index (χ0n) is 15.3. The van der Waals surface area contributed by atoms with Gasteiger partial charge in [0.15, 0.2) is 0 Å². The van der Waals surface area contributed by atoms with Crippen LogP contribution in [0.1, 0.15) is 16.3 Å². The monoisotopic (exact) mass is 399 g/mol. The minimum Gasteiger partial charge on any atom is -0.364 e. The summed E-state index contributed by atoms with van der Waals surface area (Å²) in [5, 5.41) is 0. The maximum Gasteiger partial charge on any atom is 0.267 e. The minimum atomic E-state index is -2.60. The van der Waals surface area contributed by atoms with E-state index in [0.717, 1.165) is 0 Å². The summed E-state index contributed by atoms with van der Waals surface area (Å²) in [5.74, 6) is -0.684. The quantitative estimate of drug-likeness (QED) is 0.556. The molecule has 2 N–H and O–H groups in total. The summed E-state index contributed by atoms with van der Waals surface area (Å²) in [5.41, 5.74) is 8.04. The Hall–Kier alpha value is -3.62. The van der Waals surface area contributed by atoms with Gasteiger partial charge in [0, 0.05) is 17.3 Å². The Morgan fingerprint density at radius 2 is 1.83 bits per heavy atom. The summed E-state index contributed by atoms with van der Waals surface area (Å²) < 4.78 is 42.8. The minimum absolute atomic E-state index is 0.168. The van der Waals surface area contributed by atoms with Crippen LogP contribution < -0.4 is 5.73 Å². The van der Waals surface area contributed by atoms with Crippen LogP contribution in [0.2, 0.25) is 0 Å². The molecule has 0 saturated carbocycles. The number of alkyl halides is 2. The van der Waals surface area contributed by atoms with Crippen molar-refractivity contribution >= 4 is 11.6 Å². The van der Waals surface area contributed by atoms with Crippen molar-refractivity contribution in [2.45, 2.75) is 19.9 Å². The average Bonchev–Trinajstić information content (AvgIpc) is 3.23. The standard InChI is InChI=1S/C20H16F3N5O/c1-11-26-18(12-2-5-14(21)6-3-12)19(27(11)10-16(22)23)13-4-7-17-25-8-15(20(24)29)28(17)9-13/h2-9,16H,10H2,1H3,(H2,24,29). The van der Waals surface area contributed by atoms with E-state index in [0.29, 0.717) is 34.0 Å². The Morgan fingerprint density at radius 1 is 1.14 bits per heavy atom. The maximum atomic E-state index is 13.4. The molecule has 148 valence electrons. The molecule has 29 heavy (non-hydrogen) atoms. The van der Waals surface area contributed by atoms with Crippen molar-refractivity contribution in [3.05, 3.63) is 66.1 Å². The lowest BCUT2D eigenvalue weighted by molar-refractivity contribution is 0.0994. The van der Waals surface area contributed by atoms with Crippen molar-refractivity contribution in [3.8, 4) is 22.5 Å². The molecule has 4 rings (SSSR count). The highest BCUT2D eigenvalue weighted by Gasteiger charge is 2.21. The highest BCUT2D eigenvalue weighted by molar-refractivity contribution is 5.92. The van der Waals surface area contributed by atoms with Crippen molar-refractivity contribution < 1.29 is 18.0 Å². The van der Waals surface area contributed by atoms with Crippen molar-refractivity contribution in [2.75, 3.05) is 0 Å². The second kappa shape index (κ2) is 7.08. The van der Waals surface area contributed by atoms with Crippen LogP contribution in [-0.2, 0) is 6.54 Å². The van der Waals surface area contributed by atoms with Gasteiger partial charge in [0.1, 0.15) is 23.0 Å². The Balaban J connectivity index is 1.98. The Labute approximate surface area is 163 Å². The lowest BCUT2D eigenvalue weighted by atomic mass is 10.1. The van der Waals surface area contributed by atoms with Gasteiger partial charge in [0.25, 0.3) is 12.3 Å².